The maximum absolute atomic E-state index is 12.3. The molecule has 0 aliphatic carbocycles. The molecular formula is C17H24N2O2S. The molecule has 1 amide bonds. The molecular weight excluding hydrogens is 296 g/mol. The second-order valence-electron chi connectivity index (χ2n) is 6.33. The number of benzene rings is 1. The van der Waals surface area contributed by atoms with Crippen LogP contribution in [0.5, 0.6) is 0 Å². The summed E-state index contributed by atoms with van der Waals surface area (Å²) in [5.41, 5.74) is 0.797. The third-order valence-corrected chi connectivity index (χ3v) is 5.64. The molecule has 2 aliphatic rings. The normalized spacial score (nSPS) is 26.0. The summed E-state index contributed by atoms with van der Waals surface area (Å²) >= 11 is 1.63. The molecule has 1 unspecified atom stereocenters. The Hall–Kier alpha value is -1.04. The van der Waals surface area contributed by atoms with Crippen LogP contribution in [-0.4, -0.2) is 46.1 Å². The number of nitrogens with one attached hydrogen (secondary N) is 1. The first-order valence-corrected chi connectivity index (χ1v) is 9.24. The van der Waals surface area contributed by atoms with Crippen molar-refractivity contribution in [2.75, 3.05) is 29.9 Å². The van der Waals surface area contributed by atoms with Crippen molar-refractivity contribution in [2.45, 2.75) is 37.8 Å². The lowest BCUT2D eigenvalue weighted by molar-refractivity contribution is -0.131. The minimum atomic E-state index is -1.20. The van der Waals surface area contributed by atoms with Gasteiger partial charge in [-0.3, -0.25) is 9.69 Å². The zero-order valence-corrected chi connectivity index (χ0v) is 13.7. The summed E-state index contributed by atoms with van der Waals surface area (Å²) in [7, 11) is 0. The van der Waals surface area contributed by atoms with Crippen molar-refractivity contribution in [1.82, 2.24) is 4.90 Å². The summed E-state index contributed by atoms with van der Waals surface area (Å²) in [6, 6.07) is 7.99. The van der Waals surface area contributed by atoms with Gasteiger partial charge in [-0.15, -0.1) is 0 Å². The number of anilines is 1. The lowest BCUT2D eigenvalue weighted by Crippen LogP contribution is -2.42. The van der Waals surface area contributed by atoms with Crippen LogP contribution in [0.25, 0.3) is 0 Å². The highest BCUT2D eigenvalue weighted by molar-refractivity contribution is 7.99. The van der Waals surface area contributed by atoms with Gasteiger partial charge in [0.1, 0.15) is 0 Å². The molecule has 1 aromatic rings. The molecule has 1 aromatic carbocycles. The van der Waals surface area contributed by atoms with Gasteiger partial charge in [-0.05, 0) is 55.8 Å². The number of aliphatic hydroxyl groups is 1. The minimum Gasteiger partial charge on any atom is -0.379 e. The molecule has 0 bridgehead atoms. The average Bonchev–Trinajstić information content (AvgIpc) is 2.97. The smallest absolute Gasteiger partial charge is 0.257 e. The first-order valence-electron chi connectivity index (χ1n) is 8.09. The number of rotatable bonds is 4. The zero-order valence-electron chi connectivity index (χ0n) is 12.9. The Morgan fingerprint density at radius 2 is 2.14 bits per heavy atom. The van der Waals surface area contributed by atoms with Gasteiger partial charge < -0.3 is 10.4 Å². The topological polar surface area (TPSA) is 52.6 Å². The average molecular weight is 320 g/mol. The van der Waals surface area contributed by atoms with Gasteiger partial charge in [0.15, 0.2) is 5.60 Å². The van der Waals surface area contributed by atoms with Crippen LogP contribution in [0.15, 0.2) is 24.3 Å². The number of hydrogen-bond donors (Lipinski definition) is 2. The minimum absolute atomic E-state index is 0.271. The molecule has 2 aliphatic heterocycles. The van der Waals surface area contributed by atoms with E-state index < -0.39 is 5.60 Å². The Morgan fingerprint density at radius 3 is 2.86 bits per heavy atom. The second kappa shape index (κ2) is 7.02. The molecule has 0 radical (unpaired) electrons. The molecule has 1 atom stereocenters. The molecule has 2 saturated heterocycles. The lowest BCUT2D eigenvalue weighted by atomic mass is 10.0. The molecule has 2 fully saturated rings. The Morgan fingerprint density at radius 1 is 1.32 bits per heavy atom. The van der Waals surface area contributed by atoms with E-state index in [9.17, 15) is 9.90 Å². The Kier molecular flexibility index (Phi) is 5.06. The van der Waals surface area contributed by atoms with E-state index in [4.69, 9.17) is 0 Å². The number of hydrogen-bond acceptors (Lipinski definition) is 4. The van der Waals surface area contributed by atoms with E-state index in [0.717, 1.165) is 31.1 Å². The summed E-state index contributed by atoms with van der Waals surface area (Å²) < 4.78 is 0. The Labute approximate surface area is 136 Å². The highest BCUT2D eigenvalue weighted by atomic mass is 32.2. The van der Waals surface area contributed by atoms with Gasteiger partial charge in [-0.1, -0.05) is 18.6 Å². The summed E-state index contributed by atoms with van der Waals surface area (Å²) in [6.45, 7) is 3.25. The van der Waals surface area contributed by atoms with E-state index in [-0.39, 0.29) is 5.91 Å². The van der Waals surface area contributed by atoms with E-state index in [1.165, 1.54) is 24.8 Å². The van der Waals surface area contributed by atoms with Crippen LogP contribution >= 0.6 is 11.8 Å². The maximum atomic E-state index is 12.3. The van der Waals surface area contributed by atoms with Crippen LogP contribution in [0, 0.1) is 0 Å². The SMILES string of the molecule is O=C(Nc1cccc(CN2CCCCC2)c1)C1(O)CCSC1. The van der Waals surface area contributed by atoms with Gasteiger partial charge in [0.05, 0.1) is 0 Å². The van der Waals surface area contributed by atoms with Crippen LogP contribution < -0.4 is 5.32 Å². The largest absolute Gasteiger partial charge is 0.379 e. The van der Waals surface area contributed by atoms with E-state index in [0.29, 0.717) is 12.2 Å². The standard InChI is InChI=1S/C17H24N2O2S/c20-16(17(21)7-10-22-13-17)18-15-6-4-5-14(11-15)12-19-8-2-1-3-9-19/h4-6,11,21H,1-3,7-10,12-13H2,(H,18,20). The van der Waals surface area contributed by atoms with Gasteiger partial charge in [0.2, 0.25) is 0 Å². The van der Waals surface area contributed by atoms with Crippen LogP contribution in [0.2, 0.25) is 0 Å². The number of likely N-dealkylation sites (tertiary alicyclic amines) is 1. The second-order valence-corrected chi connectivity index (χ2v) is 7.43. The van der Waals surface area contributed by atoms with Crippen molar-refractivity contribution < 1.29 is 9.90 Å². The molecule has 2 N–H and O–H groups in total. The lowest BCUT2D eigenvalue weighted by Gasteiger charge is -2.26. The van der Waals surface area contributed by atoms with Gasteiger partial charge in [-0.2, -0.15) is 11.8 Å². The van der Waals surface area contributed by atoms with Crippen molar-refractivity contribution in [2.24, 2.45) is 0 Å². The highest BCUT2D eigenvalue weighted by Crippen LogP contribution is 2.29. The molecule has 0 spiro atoms. The summed E-state index contributed by atoms with van der Waals surface area (Å²) in [6.07, 6.45) is 4.43. The van der Waals surface area contributed by atoms with Crippen molar-refractivity contribution in [1.29, 1.82) is 0 Å². The monoisotopic (exact) mass is 320 g/mol. The van der Waals surface area contributed by atoms with Crippen LogP contribution in [-0.2, 0) is 11.3 Å². The third-order valence-electron chi connectivity index (χ3n) is 4.46. The molecule has 22 heavy (non-hydrogen) atoms. The summed E-state index contributed by atoms with van der Waals surface area (Å²) in [5.74, 6) is 1.07. The van der Waals surface area contributed by atoms with Crippen LogP contribution in [0.4, 0.5) is 5.69 Å². The van der Waals surface area contributed by atoms with E-state index in [1.807, 2.05) is 18.2 Å². The van der Waals surface area contributed by atoms with E-state index in [1.54, 1.807) is 11.8 Å². The maximum Gasteiger partial charge on any atom is 0.257 e. The molecule has 0 saturated carbocycles. The van der Waals surface area contributed by atoms with Gasteiger partial charge in [0, 0.05) is 18.0 Å². The first-order chi connectivity index (χ1) is 10.7. The summed E-state index contributed by atoms with van der Waals surface area (Å²) in [5, 5.41) is 13.2. The van der Waals surface area contributed by atoms with Crippen LogP contribution in [0.1, 0.15) is 31.2 Å². The van der Waals surface area contributed by atoms with Crippen molar-refractivity contribution >= 4 is 23.4 Å². The molecule has 4 nitrogen and oxygen atoms in total. The fourth-order valence-corrected chi connectivity index (χ4v) is 4.34. The Balaban J connectivity index is 1.62. The molecule has 2 heterocycles. The third kappa shape index (κ3) is 3.83. The number of nitrogens with zero attached hydrogens (tertiary/aromatic N) is 1. The van der Waals surface area contributed by atoms with Crippen LogP contribution in [0.3, 0.4) is 0 Å². The predicted octanol–water partition coefficient (Wildman–Crippen LogP) is 2.48. The van der Waals surface area contributed by atoms with E-state index >= 15 is 0 Å². The fourth-order valence-electron chi connectivity index (χ4n) is 3.10. The molecule has 3 rings (SSSR count). The number of thioether (sulfide) groups is 1. The first kappa shape index (κ1) is 15.8. The van der Waals surface area contributed by atoms with Gasteiger partial charge in [0.25, 0.3) is 5.91 Å². The quantitative estimate of drug-likeness (QED) is 0.895. The molecule has 120 valence electrons. The van der Waals surface area contributed by atoms with Crippen molar-refractivity contribution in [3.05, 3.63) is 29.8 Å². The van der Waals surface area contributed by atoms with E-state index in [2.05, 4.69) is 16.3 Å². The van der Waals surface area contributed by atoms with Gasteiger partial charge in [-0.25, -0.2) is 0 Å². The molecule has 0 aromatic heterocycles. The number of amides is 1. The van der Waals surface area contributed by atoms with Crippen molar-refractivity contribution in [3.63, 3.8) is 0 Å². The number of carbonyl (C=O) groups excluding carboxylic acids is 1. The van der Waals surface area contributed by atoms with Gasteiger partial charge >= 0.3 is 0 Å². The molecule has 5 heteroatoms. The highest BCUT2D eigenvalue weighted by Gasteiger charge is 2.39. The van der Waals surface area contributed by atoms with Crippen molar-refractivity contribution in [3.8, 4) is 0 Å². The summed E-state index contributed by atoms with van der Waals surface area (Å²) in [4.78, 5) is 14.7. The number of piperidine rings is 1. The predicted molar refractivity (Wildman–Crippen MR) is 91.1 cm³/mol. The zero-order chi connectivity index (χ0) is 15.4. The Bertz CT molecular complexity index is 523. The number of carbonyl (C=O) groups is 1. The fraction of sp³-hybridized carbons (Fsp3) is 0.588.